The first-order valence-corrected chi connectivity index (χ1v) is 13.8. The average Bonchev–Trinajstić information content (AvgIpc) is 3.35. The number of sulfonamides is 1. The smallest absolute Gasteiger partial charge is 0.244 e. The molecule has 1 atom stereocenters. The maximum atomic E-state index is 13.5. The number of methoxy groups -OCH3 is 1. The zero-order valence-electron chi connectivity index (χ0n) is 20.6. The lowest BCUT2D eigenvalue weighted by Gasteiger charge is -2.32. The molecular weight excluding hydrogens is 466 g/mol. The van der Waals surface area contributed by atoms with Crippen molar-refractivity contribution in [2.24, 2.45) is 0 Å². The molecule has 2 amide bonds. The molecule has 35 heavy (non-hydrogen) atoms. The van der Waals surface area contributed by atoms with Crippen LogP contribution in [-0.2, 0) is 26.0 Å². The fourth-order valence-corrected chi connectivity index (χ4v) is 5.18. The van der Waals surface area contributed by atoms with Crippen molar-refractivity contribution in [3.8, 4) is 5.75 Å². The monoisotopic (exact) mass is 501 g/mol. The van der Waals surface area contributed by atoms with Gasteiger partial charge in [-0.25, -0.2) is 8.42 Å². The summed E-state index contributed by atoms with van der Waals surface area (Å²) < 4.78 is 31.5. The summed E-state index contributed by atoms with van der Waals surface area (Å²) in [5.41, 5.74) is 1.35. The summed E-state index contributed by atoms with van der Waals surface area (Å²) in [6, 6.07) is 15.6. The number of carbonyl (C=O) groups excluding carboxylic acids is 2. The van der Waals surface area contributed by atoms with Gasteiger partial charge in [0.25, 0.3) is 0 Å². The summed E-state index contributed by atoms with van der Waals surface area (Å²) in [5, 5.41) is 3.06. The maximum absolute atomic E-state index is 13.5. The van der Waals surface area contributed by atoms with Crippen LogP contribution >= 0.6 is 0 Å². The Morgan fingerprint density at radius 3 is 2.40 bits per heavy atom. The van der Waals surface area contributed by atoms with Gasteiger partial charge in [0.2, 0.25) is 21.8 Å². The third kappa shape index (κ3) is 7.45. The molecule has 1 N–H and O–H groups in total. The van der Waals surface area contributed by atoms with Gasteiger partial charge in [-0.05, 0) is 43.9 Å². The SMILES string of the molecule is COc1cccc(N(CC(=O)N(CCc2ccccc2)[C@@H](C)C(=O)NC2CCCC2)S(C)(=O)=O)c1. The molecule has 0 spiro atoms. The molecule has 2 aromatic rings. The lowest BCUT2D eigenvalue weighted by Crippen LogP contribution is -2.53. The van der Waals surface area contributed by atoms with E-state index >= 15 is 0 Å². The molecule has 9 heteroatoms. The minimum absolute atomic E-state index is 0.125. The number of rotatable bonds is 11. The Kier molecular flexibility index (Phi) is 9.14. The van der Waals surface area contributed by atoms with Crippen LogP contribution in [0.25, 0.3) is 0 Å². The van der Waals surface area contributed by atoms with Gasteiger partial charge in [-0.15, -0.1) is 0 Å². The van der Waals surface area contributed by atoms with E-state index in [1.807, 2.05) is 30.3 Å². The van der Waals surface area contributed by atoms with Gasteiger partial charge in [0.1, 0.15) is 18.3 Å². The quantitative estimate of drug-likeness (QED) is 0.511. The van der Waals surface area contributed by atoms with Crippen molar-refractivity contribution < 1.29 is 22.7 Å². The van der Waals surface area contributed by atoms with E-state index in [2.05, 4.69) is 5.32 Å². The molecule has 1 aliphatic rings. The van der Waals surface area contributed by atoms with Crippen LogP contribution in [0.15, 0.2) is 54.6 Å². The van der Waals surface area contributed by atoms with E-state index < -0.39 is 28.5 Å². The van der Waals surface area contributed by atoms with Gasteiger partial charge < -0.3 is 15.0 Å². The second kappa shape index (κ2) is 12.1. The summed E-state index contributed by atoms with van der Waals surface area (Å²) >= 11 is 0. The Balaban J connectivity index is 1.83. The molecule has 1 aliphatic carbocycles. The Hall–Kier alpha value is -3.07. The minimum atomic E-state index is -3.77. The molecule has 3 rings (SSSR count). The number of amides is 2. The van der Waals surface area contributed by atoms with Crippen LogP contribution in [0.5, 0.6) is 5.75 Å². The lowest BCUT2D eigenvalue weighted by atomic mass is 10.1. The Bertz CT molecular complexity index is 1100. The van der Waals surface area contributed by atoms with Gasteiger partial charge >= 0.3 is 0 Å². The third-order valence-corrected chi connectivity index (χ3v) is 7.51. The average molecular weight is 502 g/mol. The highest BCUT2D eigenvalue weighted by atomic mass is 32.2. The van der Waals surface area contributed by atoms with Crippen molar-refractivity contribution in [1.29, 1.82) is 0 Å². The molecule has 0 radical (unpaired) electrons. The molecule has 0 aromatic heterocycles. The molecular formula is C26H35N3O5S. The van der Waals surface area contributed by atoms with Gasteiger partial charge in [-0.1, -0.05) is 49.2 Å². The van der Waals surface area contributed by atoms with Crippen LogP contribution in [0.3, 0.4) is 0 Å². The maximum Gasteiger partial charge on any atom is 0.244 e. The summed E-state index contributed by atoms with van der Waals surface area (Å²) in [6.45, 7) is 1.57. The number of ether oxygens (including phenoxy) is 1. The van der Waals surface area contributed by atoms with Crippen LogP contribution in [0.4, 0.5) is 5.69 Å². The van der Waals surface area contributed by atoms with Crippen molar-refractivity contribution in [3.05, 3.63) is 60.2 Å². The number of carbonyl (C=O) groups is 2. The number of nitrogens with one attached hydrogen (secondary N) is 1. The topological polar surface area (TPSA) is 96.0 Å². The minimum Gasteiger partial charge on any atom is -0.497 e. The van der Waals surface area contributed by atoms with E-state index in [9.17, 15) is 18.0 Å². The number of hydrogen-bond donors (Lipinski definition) is 1. The van der Waals surface area contributed by atoms with Crippen molar-refractivity contribution in [3.63, 3.8) is 0 Å². The first kappa shape index (κ1) is 26.5. The summed E-state index contributed by atoms with van der Waals surface area (Å²) in [6.07, 6.45) is 5.65. The molecule has 1 fully saturated rings. The molecule has 0 saturated heterocycles. The predicted molar refractivity (Wildman–Crippen MR) is 137 cm³/mol. The number of hydrogen-bond acceptors (Lipinski definition) is 5. The first-order valence-electron chi connectivity index (χ1n) is 11.9. The highest BCUT2D eigenvalue weighted by Crippen LogP contribution is 2.24. The number of nitrogens with zero attached hydrogens (tertiary/aromatic N) is 2. The third-order valence-electron chi connectivity index (χ3n) is 6.37. The van der Waals surface area contributed by atoms with E-state index in [0.29, 0.717) is 17.9 Å². The van der Waals surface area contributed by atoms with Crippen LogP contribution in [-0.4, -0.2) is 63.7 Å². The van der Waals surface area contributed by atoms with E-state index in [1.54, 1.807) is 31.2 Å². The van der Waals surface area contributed by atoms with Gasteiger partial charge in [0.05, 0.1) is 19.1 Å². The van der Waals surface area contributed by atoms with Crippen LogP contribution in [0.2, 0.25) is 0 Å². The number of benzene rings is 2. The molecule has 1 saturated carbocycles. The fraction of sp³-hybridized carbons (Fsp3) is 0.462. The Morgan fingerprint density at radius 1 is 1.09 bits per heavy atom. The second-order valence-electron chi connectivity index (χ2n) is 8.96. The molecule has 0 unspecified atom stereocenters. The van der Waals surface area contributed by atoms with Gasteiger partial charge in [0.15, 0.2) is 0 Å². The van der Waals surface area contributed by atoms with Gasteiger partial charge in [-0.2, -0.15) is 0 Å². The zero-order valence-corrected chi connectivity index (χ0v) is 21.5. The predicted octanol–water partition coefficient (Wildman–Crippen LogP) is 2.98. The van der Waals surface area contributed by atoms with E-state index in [0.717, 1.165) is 41.8 Å². The van der Waals surface area contributed by atoms with E-state index in [1.165, 1.54) is 12.0 Å². The van der Waals surface area contributed by atoms with Gasteiger partial charge in [0, 0.05) is 18.7 Å². The molecule has 190 valence electrons. The Labute approximate surface area is 208 Å². The van der Waals surface area contributed by atoms with Crippen molar-refractivity contribution in [2.45, 2.75) is 51.1 Å². The van der Waals surface area contributed by atoms with Crippen LogP contribution in [0.1, 0.15) is 38.2 Å². The summed E-state index contributed by atoms with van der Waals surface area (Å²) in [4.78, 5) is 28.1. The molecule has 0 aliphatic heterocycles. The zero-order chi connectivity index (χ0) is 25.4. The largest absolute Gasteiger partial charge is 0.497 e. The van der Waals surface area contributed by atoms with Crippen LogP contribution in [0, 0.1) is 0 Å². The highest BCUT2D eigenvalue weighted by Gasteiger charge is 2.31. The molecule has 2 aromatic carbocycles. The standard InChI is InChI=1S/C26H35N3O5S/c1-20(26(31)27-22-12-7-8-13-22)28(17-16-21-10-5-4-6-11-21)25(30)19-29(35(3,32)33)23-14-9-15-24(18-23)34-2/h4-6,9-11,14-15,18,20,22H,7-8,12-13,16-17,19H2,1-3H3,(H,27,31)/t20-/m0/s1. The normalized spacial score (nSPS) is 14.8. The second-order valence-corrected chi connectivity index (χ2v) is 10.9. The highest BCUT2D eigenvalue weighted by molar-refractivity contribution is 7.92. The molecule has 0 heterocycles. The summed E-state index contributed by atoms with van der Waals surface area (Å²) in [7, 11) is -2.28. The van der Waals surface area contributed by atoms with Crippen molar-refractivity contribution >= 4 is 27.5 Å². The summed E-state index contributed by atoms with van der Waals surface area (Å²) in [5.74, 6) is -0.178. The fourth-order valence-electron chi connectivity index (χ4n) is 4.34. The Morgan fingerprint density at radius 2 is 1.77 bits per heavy atom. The van der Waals surface area contributed by atoms with E-state index in [4.69, 9.17) is 4.74 Å². The van der Waals surface area contributed by atoms with E-state index in [-0.39, 0.29) is 18.5 Å². The molecule has 0 bridgehead atoms. The number of anilines is 1. The van der Waals surface area contributed by atoms with Crippen molar-refractivity contribution in [2.75, 3.05) is 30.8 Å². The lowest BCUT2D eigenvalue weighted by molar-refractivity contribution is -0.139. The van der Waals surface area contributed by atoms with Crippen molar-refractivity contribution in [1.82, 2.24) is 10.2 Å². The first-order chi connectivity index (χ1) is 16.7. The van der Waals surface area contributed by atoms with Crippen LogP contribution < -0.4 is 14.4 Å². The molecule has 8 nitrogen and oxygen atoms in total. The van der Waals surface area contributed by atoms with Gasteiger partial charge in [-0.3, -0.25) is 13.9 Å².